The standard InChI is InChI=1S/C16H11F3N2/c17-16(18,19)13-3-1-2-10(7-13)12-6-11-8-14(20)4-5-15(11)21-9-12/h1-9H,20H2. The van der Waals surface area contributed by atoms with Crippen LogP contribution in [0.25, 0.3) is 22.0 Å². The van der Waals surface area contributed by atoms with E-state index in [1.54, 1.807) is 36.5 Å². The fourth-order valence-electron chi connectivity index (χ4n) is 2.18. The predicted molar refractivity (Wildman–Crippen MR) is 76.6 cm³/mol. The molecule has 3 aromatic rings. The molecule has 1 heterocycles. The summed E-state index contributed by atoms with van der Waals surface area (Å²) in [5.41, 5.74) is 7.48. The minimum absolute atomic E-state index is 0.474. The Morgan fingerprint density at radius 1 is 0.905 bits per heavy atom. The van der Waals surface area contributed by atoms with Gasteiger partial charge in [-0.2, -0.15) is 13.2 Å². The van der Waals surface area contributed by atoms with Gasteiger partial charge in [-0.25, -0.2) is 0 Å². The maximum Gasteiger partial charge on any atom is 0.416 e. The first-order valence-corrected chi connectivity index (χ1v) is 6.26. The molecule has 0 amide bonds. The zero-order valence-electron chi connectivity index (χ0n) is 10.9. The third-order valence-corrected chi connectivity index (χ3v) is 3.23. The van der Waals surface area contributed by atoms with E-state index in [-0.39, 0.29) is 0 Å². The summed E-state index contributed by atoms with van der Waals surface area (Å²) in [4.78, 5) is 4.25. The average molecular weight is 288 g/mol. The van der Waals surface area contributed by atoms with E-state index in [0.29, 0.717) is 16.8 Å². The van der Waals surface area contributed by atoms with Crippen LogP contribution in [0, 0.1) is 0 Å². The van der Waals surface area contributed by atoms with E-state index in [1.807, 2.05) is 0 Å². The highest BCUT2D eigenvalue weighted by Crippen LogP contribution is 2.32. The van der Waals surface area contributed by atoms with Gasteiger partial charge in [-0.15, -0.1) is 0 Å². The number of nitrogen functional groups attached to an aromatic ring is 1. The van der Waals surface area contributed by atoms with Gasteiger partial charge in [-0.3, -0.25) is 4.98 Å². The molecule has 0 bridgehead atoms. The summed E-state index contributed by atoms with van der Waals surface area (Å²) in [6.07, 6.45) is -2.79. The van der Waals surface area contributed by atoms with Crippen LogP contribution in [0.4, 0.5) is 18.9 Å². The number of halogens is 3. The highest BCUT2D eigenvalue weighted by molar-refractivity contribution is 5.86. The SMILES string of the molecule is Nc1ccc2ncc(-c3cccc(C(F)(F)F)c3)cc2c1. The fourth-order valence-corrected chi connectivity index (χ4v) is 2.18. The summed E-state index contributed by atoms with van der Waals surface area (Å²) in [7, 11) is 0. The normalized spacial score (nSPS) is 11.8. The van der Waals surface area contributed by atoms with Crippen molar-refractivity contribution < 1.29 is 13.2 Å². The molecular weight excluding hydrogens is 277 g/mol. The Hall–Kier alpha value is -2.56. The van der Waals surface area contributed by atoms with E-state index in [9.17, 15) is 13.2 Å². The van der Waals surface area contributed by atoms with Crippen molar-refractivity contribution >= 4 is 16.6 Å². The summed E-state index contributed by atoms with van der Waals surface area (Å²) in [6.45, 7) is 0. The lowest BCUT2D eigenvalue weighted by atomic mass is 10.0. The molecule has 106 valence electrons. The van der Waals surface area contributed by atoms with Gasteiger partial charge in [-0.05, 0) is 42.0 Å². The van der Waals surface area contributed by atoms with Crippen molar-refractivity contribution in [2.24, 2.45) is 0 Å². The monoisotopic (exact) mass is 288 g/mol. The molecule has 2 nitrogen and oxygen atoms in total. The molecule has 0 unspecified atom stereocenters. The molecule has 0 saturated heterocycles. The van der Waals surface area contributed by atoms with Crippen molar-refractivity contribution in [3.8, 4) is 11.1 Å². The first-order chi connectivity index (χ1) is 9.93. The van der Waals surface area contributed by atoms with Crippen LogP contribution in [0.15, 0.2) is 54.7 Å². The lowest BCUT2D eigenvalue weighted by Gasteiger charge is -2.09. The van der Waals surface area contributed by atoms with Crippen LogP contribution >= 0.6 is 0 Å². The molecule has 1 aromatic heterocycles. The second-order valence-corrected chi connectivity index (χ2v) is 4.75. The van der Waals surface area contributed by atoms with Crippen LogP contribution in [0.3, 0.4) is 0 Å². The largest absolute Gasteiger partial charge is 0.416 e. The molecular formula is C16H11F3N2. The number of nitrogens with zero attached hydrogens (tertiary/aromatic N) is 1. The molecule has 3 rings (SSSR count). The van der Waals surface area contributed by atoms with Gasteiger partial charge in [0.2, 0.25) is 0 Å². The number of alkyl halides is 3. The summed E-state index contributed by atoms with van der Waals surface area (Å²) in [5, 5.41) is 0.796. The number of rotatable bonds is 1. The van der Waals surface area contributed by atoms with Crippen LogP contribution in [0.5, 0.6) is 0 Å². The van der Waals surface area contributed by atoms with Crippen molar-refractivity contribution in [2.75, 3.05) is 5.73 Å². The Morgan fingerprint density at radius 2 is 1.71 bits per heavy atom. The number of fused-ring (bicyclic) bond motifs is 1. The van der Waals surface area contributed by atoms with Crippen LogP contribution in [-0.4, -0.2) is 4.98 Å². The summed E-state index contributed by atoms with van der Waals surface area (Å²) >= 11 is 0. The third-order valence-electron chi connectivity index (χ3n) is 3.23. The van der Waals surface area contributed by atoms with Gasteiger partial charge in [0.05, 0.1) is 11.1 Å². The molecule has 0 aliphatic heterocycles. The number of pyridine rings is 1. The topological polar surface area (TPSA) is 38.9 Å². The molecule has 0 aliphatic carbocycles. The molecule has 0 spiro atoms. The Bertz CT molecular complexity index is 810. The van der Waals surface area contributed by atoms with Crippen LogP contribution < -0.4 is 5.73 Å². The number of nitrogens with two attached hydrogens (primary N) is 1. The van der Waals surface area contributed by atoms with Gasteiger partial charge in [-0.1, -0.05) is 12.1 Å². The van der Waals surface area contributed by atoms with Gasteiger partial charge < -0.3 is 5.73 Å². The highest BCUT2D eigenvalue weighted by atomic mass is 19.4. The van der Waals surface area contributed by atoms with Crippen molar-refractivity contribution in [1.82, 2.24) is 4.98 Å². The number of benzene rings is 2. The number of anilines is 1. The summed E-state index contributed by atoms with van der Waals surface area (Å²) in [6, 6.07) is 12.2. The smallest absolute Gasteiger partial charge is 0.399 e. The summed E-state index contributed by atoms with van der Waals surface area (Å²) in [5.74, 6) is 0. The van der Waals surface area contributed by atoms with E-state index in [2.05, 4.69) is 4.98 Å². The maximum absolute atomic E-state index is 12.8. The first kappa shape index (κ1) is 13.4. The lowest BCUT2D eigenvalue weighted by Crippen LogP contribution is -2.04. The van der Waals surface area contributed by atoms with Gasteiger partial charge in [0.15, 0.2) is 0 Å². The second-order valence-electron chi connectivity index (χ2n) is 4.75. The first-order valence-electron chi connectivity index (χ1n) is 6.26. The van der Waals surface area contributed by atoms with Crippen molar-refractivity contribution in [3.63, 3.8) is 0 Å². The van der Waals surface area contributed by atoms with Crippen molar-refractivity contribution in [2.45, 2.75) is 6.18 Å². The quantitative estimate of drug-likeness (QED) is 0.669. The van der Waals surface area contributed by atoms with E-state index in [0.717, 1.165) is 23.0 Å². The fraction of sp³-hybridized carbons (Fsp3) is 0.0625. The van der Waals surface area contributed by atoms with E-state index in [1.165, 1.54) is 6.07 Å². The van der Waals surface area contributed by atoms with Gasteiger partial charge in [0.25, 0.3) is 0 Å². The molecule has 2 aromatic carbocycles. The van der Waals surface area contributed by atoms with Crippen molar-refractivity contribution in [3.05, 3.63) is 60.3 Å². The average Bonchev–Trinajstić information content (AvgIpc) is 2.45. The molecule has 0 aliphatic rings. The third kappa shape index (κ3) is 2.67. The van der Waals surface area contributed by atoms with Crippen molar-refractivity contribution in [1.29, 1.82) is 0 Å². The molecule has 0 fully saturated rings. The Kier molecular flexibility index (Phi) is 3.05. The molecule has 5 heteroatoms. The van der Waals surface area contributed by atoms with E-state index >= 15 is 0 Å². The van der Waals surface area contributed by atoms with Crippen LogP contribution in [-0.2, 0) is 6.18 Å². The number of hydrogen-bond donors (Lipinski definition) is 1. The predicted octanol–water partition coefficient (Wildman–Crippen LogP) is 4.50. The van der Waals surface area contributed by atoms with Gasteiger partial charge in [0, 0.05) is 22.8 Å². The van der Waals surface area contributed by atoms with Gasteiger partial charge in [0.1, 0.15) is 0 Å². The van der Waals surface area contributed by atoms with E-state index < -0.39 is 11.7 Å². The van der Waals surface area contributed by atoms with E-state index in [4.69, 9.17) is 5.73 Å². The van der Waals surface area contributed by atoms with Crippen LogP contribution in [0.1, 0.15) is 5.56 Å². The maximum atomic E-state index is 12.8. The minimum Gasteiger partial charge on any atom is -0.399 e. The molecule has 0 radical (unpaired) electrons. The molecule has 0 atom stereocenters. The van der Waals surface area contributed by atoms with Gasteiger partial charge >= 0.3 is 6.18 Å². The van der Waals surface area contributed by atoms with Crippen LogP contribution in [0.2, 0.25) is 0 Å². The zero-order valence-corrected chi connectivity index (χ0v) is 10.9. The molecule has 21 heavy (non-hydrogen) atoms. The second kappa shape index (κ2) is 4.77. The lowest BCUT2D eigenvalue weighted by molar-refractivity contribution is -0.137. The number of hydrogen-bond acceptors (Lipinski definition) is 2. The Morgan fingerprint density at radius 3 is 2.48 bits per heavy atom. The number of aromatic nitrogens is 1. The molecule has 0 saturated carbocycles. The Labute approximate surface area is 119 Å². The Balaban J connectivity index is 2.12. The highest BCUT2D eigenvalue weighted by Gasteiger charge is 2.30. The summed E-state index contributed by atoms with van der Waals surface area (Å²) < 4.78 is 38.3. The zero-order chi connectivity index (χ0) is 15.0. The molecule has 2 N–H and O–H groups in total. The minimum atomic E-state index is -4.36.